The molecule has 0 unspecified atom stereocenters. The molecule has 1 N–H and O–H groups in total. The lowest BCUT2D eigenvalue weighted by molar-refractivity contribution is 0.0953. The van der Waals surface area contributed by atoms with Crippen molar-refractivity contribution in [3.8, 4) is 0 Å². The maximum absolute atomic E-state index is 12.9. The number of rotatable bonds is 6. The standard InChI is InChI=1S/C19H24FN5O/c1-2-24-9-11-25(12-10-24)19-22-13-16(14-23-19)18(26)21-8-7-15-3-5-17(20)6-4-15/h3-6,13-14H,2,7-12H2,1H3,(H,21,26). The van der Waals surface area contributed by atoms with Crippen molar-refractivity contribution >= 4 is 11.9 Å². The zero-order valence-electron chi connectivity index (χ0n) is 15.0. The van der Waals surface area contributed by atoms with Crippen LogP contribution < -0.4 is 10.2 Å². The van der Waals surface area contributed by atoms with Crippen LogP contribution in [0.15, 0.2) is 36.7 Å². The van der Waals surface area contributed by atoms with Crippen LogP contribution in [0, 0.1) is 5.82 Å². The number of halogens is 1. The van der Waals surface area contributed by atoms with Gasteiger partial charge in [0.2, 0.25) is 5.95 Å². The number of nitrogens with one attached hydrogen (secondary N) is 1. The molecule has 1 aromatic carbocycles. The molecule has 1 amide bonds. The molecule has 1 aliphatic heterocycles. The number of amides is 1. The number of hydrogen-bond donors (Lipinski definition) is 1. The average Bonchev–Trinajstić information content (AvgIpc) is 2.69. The van der Waals surface area contributed by atoms with E-state index in [1.54, 1.807) is 24.5 Å². The first kappa shape index (κ1) is 18.3. The molecule has 6 nitrogen and oxygen atoms in total. The Bertz CT molecular complexity index is 712. The van der Waals surface area contributed by atoms with Crippen LogP contribution in [-0.4, -0.2) is 60.0 Å². The second-order valence-electron chi connectivity index (χ2n) is 6.33. The third-order valence-electron chi connectivity index (χ3n) is 4.62. The molecule has 0 saturated carbocycles. The van der Waals surface area contributed by atoms with Crippen LogP contribution >= 0.6 is 0 Å². The predicted octanol–water partition coefficient (Wildman–Crippen LogP) is 1.73. The van der Waals surface area contributed by atoms with Gasteiger partial charge in [0.25, 0.3) is 5.91 Å². The van der Waals surface area contributed by atoms with Crippen molar-refractivity contribution in [3.63, 3.8) is 0 Å². The fraction of sp³-hybridized carbons (Fsp3) is 0.421. The van der Waals surface area contributed by atoms with E-state index in [2.05, 4.69) is 32.0 Å². The minimum absolute atomic E-state index is 0.200. The molecule has 2 aromatic rings. The van der Waals surface area contributed by atoms with Crippen molar-refractivity contribution in [3.05, 3.63) is 53.6 Å². The van der Waals surface area contributed by atoms with Crippen LogP contribution in [0.3, 0.4) is 0 Å². The molecule has 0 spiro atoms. The maximum Gasteiger partial charge on any atom is 0.254 e. The van der Waals surface area contributed by atoms with E-state index in [9.17, 15) is 9.18 Å². The number of piperazine rings is 1. The Labute approximate surface area is 153 Å². The van der Waals surface area contributed by atoms with Gasteiger partial charge < -0.3 is 15.1 Å². The van der Waals surface area contributed by atoms with Crippen LogP contribution in [-0.2, 0) is 6.42 Å². The summed E-state index contributed by atoms with van der Waals surface area (Å²) >= 11 is 0. The van der Waals surface area contributed by atoms with Crippen LogP contribution in [0.4, 0.5) is 10.3 Å². The summed E-state index contributed by atoms with van der Waals surface area (Å²) in [6.45, 7) is 7.51. The summed E-state index contributed by atoms with van der Waals surface area (Å²) in [6.07, 6.45) is 3.79. The number of aromatic nitrogens is 2. The molecular weight excluding hydrogens is 333 g/mol. The topological polar surface area (TPSA) is 61.4 Å². The molecule has 138 valence electrons. The number of nitrogens with zero attached hydrogens (tertiary/aromatic N) is 4. The number of carbonyl (C=O) groups is 1. The molecular formula is C19H24FN5O. The van der Waals surface area contributed by atoms with Gasteiger partial charge in [0.05, 0.1) is 5.56 Å². The number of likely N-dealkylation sites (N-methyl/N-ethyl adjacent to an activating group) is 1. The molecule has 7 heteroatoms. The van der Waals surface area contributed by atoms with Crippen LogP contribution in [0.25, 0.3) is 0 Å². The van der Waals surface area contributed by atoms with E-state index in [0.717, 1.165) is 38.3 Å². The second-order valence-corrected chi connectivity index (χ2v) is 6.33. The summed E-state index contributed by atoms with van der Waals surface area (Å²) in [5.74, 6) is 0.212. The molecule has 26 heavy (non-hydrogen) atoms. The average molecular weight is 357 g/mol. The van der Waals surface area contributed by atoms with E-state index in [4.69, 9.17) is 0 Å². The smallest absolute Gasteiger partial charge is 0.254 e. The van der Waals surface area contributed by atoms with Crippen molar-refractivity contribution in [1.82, 2.24) is 20.2 Å². The molecule has 0 bridgehead atoms. The normalized spacial score (nSPS) is 15.1. The lowest BCUT2D eigenvalue weighted by Crippen LogP contribution is -2.46. The van der Waals surface area contributed by atoms with Gasteiger partial charge in [-0.3, -0.25) is 4.79 Å². The first-order valence-corrected chi connectivity index (χ1v) is 8.97. The second kappa shape index (κ2) is 8.71. The van der Waals surface area contributed by atoms with Gasteiger partial charge >= 0.3 is 0 Å². The van der Waals surface area contributed by atoms with Gasteiger partial charge in [-0.15, -0.1) is 0 Å². The van der Waals surface area contributed by atoms with Gasteiger partial charge in [0, 0.05) is 45.1 Å². The third kappa shape index (κ3) is 4.76. The fourth-order valence-electron chi connectivity index (χ4n) is 2.94. The summed E-state index contributed by atoms with van der Waals surface area (Å²) in [7, 11) is 0. The van der Waals surface area contributed by atoms with Crippen LogP contribution in [0.5, 0.6) is 0 Å². The van der Waals surface area contributed by atoms with E-state index in [0.29, 0.717) is 24.5 Å². The highest BCUT2D eigenvalue weighted by molar-refractivity contribution is 5.93. The van der Waals surface area contributed by atoms with Gasteiger partial charge in [0.1, 0.15) is 5.82 Å². The van der Waals surface area contributed by atoms with Crippen molar-refractivity contribution in [1.29, 1.82) is 0 Å². The van der Waals surface area contributed by atoms with Gasteiger partial charge in [-0.25, -0.2) is 14.4 Å². The van der Waals surface area contributed by atoms with Crippen molar-refractivity contribution in [2.24, 2.45) is 0 Å². The first-order valence-electron chi connectivity index (χ1n) is 8.97. The number of hydrogen-bond acceptors (Lipinski definition) is 5. The maximum atomic E-state index is 12.9. The minimum Gasteiger partial charge on any atom is -0.352 e. The number of benzene rings is 1. The summed E-state index contributed by atoms with van der Waals surface area (Å²) < 4.78 is 12.9. The Morgan fingerprint density at radius 3 is 2.38 bits per heavy atom. The van der Waals surface area contributed by atoms with Crippen LogP contribution in [0.1, 0.15) is 22.8 Å². The predicted molar refractivity (Wildman–Crippen MR) is 98.8 cm³/mol. The lowest BCUT2D eigenvalue weighted by Gasteiger charge is -2.33. The number of anilines is 1. The zero-order valence-corrected chi connectivity index (χ0v) is 15.0. The largest absolute Gasteiger partial charge is 0.352 e. The van der Waals surface area contributed by atoms with Crippen molar-refractivity contribution < 1.29 is 9.18 Å². The Morgan fingerprint density at radius 2 is 1.77 bits per heavy atom. The minimum atomic E-state index is -0.258. The number of carbonyl (C=O) groups excluding carboxylic acids is 1. The highest BCUT2D eigenvalue weighted by Crippen LogP contribution is 2.11. The molecule has 1 fully saturated rings. The Kier molecular flexibility index (Phi) is 6.12. The molecule has 2 heterocycles. The highest BCUT2D eigenvalue weighted by atomic mass is 19.1. The van der Waals surface area contributed by atoms with E-state index in [1.807, 2.05) is 0 Å². The van der Waals surface area contributed by atoms with Gasteiger partial charge in [-0.05, 0) is 30.7 Å². The highest BCUT2D eigenvalue weighted by Gasteiger charge is 2.18. The zero-order chi connectivity index (χ0) is 18.4. The Hall–Kier alpha value is -2.54. The fourth-order valence-corrected chi connectivity index (χ4v) is 2.94. The molecule has 1 saturated heterocycles. The molecule has 1 aromatic heterocycles. The first-order chi connectivity index (χ1) is 12.7. The third-order valence-corrected chi connectivity index (χ3v) is 4.62. The van der Waals surface area contributed by atoms with E-state index < -0.39 is 0 Å². The summed E-state index contributed by atoms with van der Waals surface area (Å²) in [6, 6.07) is 6.28. The lowest BCUT2D eigenvalue weighted by atomic mass is 10.1. The van der Waals surface area contributed by atoms with Crippen molar-refractivity contribution in [2.45, 2.75) is 13.3 Å². The quantitative estimate of drug-likeness (QED) is 0.853. The molecule has 1 aliphatic rings. The molecule has 3 rings (SSSR count). The van der Waals surface area contributed by atoms with E-state index in [-0.39, 0.29) is 11.7 Å². The Balaban J connectivity index is 1.48. The van der Waals surface area contributed by atoms with E-state index >= 15 is 0 Å². The SMILES string of the molecule is CCN1CCN(c2ncc(C(=O)NCCc3ccc(F)cc3)cn2)CC1. The summed E-state index contributed by atoms with van der Waals surface area (Å²) in [4.78, 5) is 25.4. The Morgan fingerprint density at radius 1 is 1.12 bits per heavy atom. The van der Waals surface area contributed by atoms with E-state index in [1.165, 1.54) is 12.1 Å². The van der Waals surface area contributed by atoms with Crippen LogP contribution in [0.2, 0.25) is 0 Å². The van der Waals surface area contributed by atoms with Gasteiger partial charge in [-0.1, -0.05) is 19.1 Å². The molecule has 0 atom stereocenters. The molecule has 0 aliphatic carbocycles. The summed E-state index contributed by atoms with van der Waals surface area (Å²) in [5.41, 5.74) is 1.42. The molecule has 0 radical (unpaired) electrons. The van der Waals surface area contributed by atoms with Gasteiger partial charge in [0.15, 0.2) is 0 Å². The van der Waals surface area contributed by atoms with Crippen molar-refractivity contribution in [2.75, 3.05) is 44.2 Å². The monoisotopic (exact) mass is 357 g/mol. The summed E-state index contributed by atoms with van der Waals surface area (Å²) in [5, 5.41) is 2.84. The van der Waals surface area contributed by atoms with Gasteiger partial charge in [-0.2, -0.15) is 0 Å².